The Labute approximate surface area is 172 Å². The number of ether oxygens (including phenoxy) is 1. The summed E-state index contributed by atoms with van der Waals surface area (Å²) in [6, 6.07) is 17.1. The van der Waals surface area contributed by atoms with E-state index in [1.807, 2.05) is 49.4 Å². The molecule has 2 aromatic carbocycles. The molecule has 1 fully saturated rings. The summed E-state index contributed by atoms with van der Waals surface area (Å²) in [4.78, 5) is 24.5. The second-order valence-corrected chi connectivity index (χ2v) is 7.21. The predicted molar refractivity (Wildman–Crippen MR) is 114 cm³/mol. The summed E-state index contributed by atoms with van der Waals surface area (Å²) in [5.74, 6) is -0.183. The first-order chi connectivity index (χ1) is 14.2. The van der Waals surface area contributed by atoms with Crippen LogP contribution in [0, 0.1) is 0 Å². The van der Waals surface area contributed by atoms with E-state index in [1.165, 1.54) is 0 Å². The van der Waals surface area contributed by atoms with Gasteiger partial charge in [0, 0.05) is 24.4 Å². The first kappa shape index (κ1) is 20.9. The van der Waals surface area contributed by atoms with Gasteiger partial charge in [-0.1, -0.05) is 37.3 Å². The molecule has 2 aromatic rings. The Hall–Kier alpha value is -2.86. The summed E-state index contributed by atoms with van der Waals surface area (Å²) in [6.07, 6.45) is 3.00. The predicted octanol–water partition coefficient (Wildman–Crippen LogP) is 3.27. The number of hydrogen-bond donors (Lipinski definition) is 3. The Morgan fingerprint density at radius 3 is 2.52 bits per heavy atom. The topological polar surface area (TPSA) is 79.5 Å². The minimum atomic E-state index is -0.113. The molecule has 2 atom stereocenters. The largest absolute Gasteiger partial charge is 0.376 e. The van der Waals surface area contributed by atoms with Gasteiger partial charge in [0.25, 0.3) is 5.91 Å². The van der Waals surface area contributed by atoms with Crippen molar-refractivity contribution in [1.29, 1.82) is 0 Å². The highest BCUT2D eigenvalue weighted by Crippen LogP contribution is 2.16. The van der Waals surface area contributed by atoms with E-state index in [1.54, 1.807) is 12.1 Å². The maximum atomic E-state index is 12.3. The van der Waals surface area contributed by atoms with Crippen LogP contribution in [0.2, 0.25) is 0 Å². The molecule has 1 heterocycles. The monoisotopic (exact) mass is 395 g/mol. The smallest absolute Gasteiger partial charge is 0.251 e. The first-order valence-electron chi connectivity index (χ1n) is 10.2. The third kappa shape index (κ3) is 6.32. The van der Waals surface area contributed by atoms with E-state index in [2.05, 4.69) is 16.0 Å². The maximum absolute atomic E-state index is 12.3. The Morgan fingerprint density at radius 2 is 1.86 bits per heavy atom. The van der Waals surface area contributed by atoms with Gasteiger partial charge in [-0.2, -0.15) is 0 Å². The third-order valence-electron chi connectivity index (χ3n) is 5.06. The van der Waals surface area contributed by atoms with Gasteiger partial charge in [0.2, 0.25) is 5.91 Å². The van der Waals surface area contributed by atoms with Crippen molar-refractivity contribution in [3.63, 3.8) is 0 Å². The zero-order valence-corrected chi connectivity index (χ0v) is 16.8. The average molecular weight is 396 g/mol. The lowest BCUT2D eigenvalue weighted by Gasteiger charge is -2.18. The molecule has 0 radical (unpaired) electrons. The highest BCUT2D eigenvalue weighted by molar-refractivity contribution is 5.94. The van der Waals surface area contributed by atoms with Crippen LogP contribution in [0.5, 0.6) is 0 Å². The van der Waals surface area contributed by atoms with Crippen LogP contribution in [0.25, 0.3) is 0 Å². The molecule has 1 aliphatic heterocycles. The van der Waals surface area contributed by atoms with Gasteiger partial charge >= 0.3 is 0 Å². The molecule has 2 unspecified atom stereocenters. The van der Waals surface area contributed by atoms with E-state index >= 15 is 0 Å². The van der Waals surface area contributed by atoms with Gasteiger partial charge in [-0.3, -0.25) is 9.59 Å². The minimum Gasteiger partial charge on any atom is -0.376 e. The molecule has 29 heavy (non-hydrogen) atoms. The number of benzene rings is 2. The van der Waals surface area contributed by atoms with E-state index in [9.17, 15) is 9.59 Å². The highest BCUT2D eigenvalue weighted by Gasteiger charge is 2.16. The van der Waals surface area contributed by atoms with Crippen LogP contribution in [0.15, 0.2) is 54.6 Å². The zero-order valence-electron chi connectivity index (χ0n) is 16.8. The minimum absolute atomic E-state index is 0.000388. The number of nitrogens with one attached hydrogen (secondary N) is 3. The van der Waals surface area contributed by atoms with Gasteiger partial charge in [0.15, 0.2) is 0 Å². The van der Waals surface area contributed by atoms with Gasteiger partial charge in [-0.15, -0.1) is 0 Å². The molecule has 1 aliphatic rings. The van der Waals surface area contributed by atoms with Crippen molar-refractivity contribution in [2.75, 3.05) is 25.0 Å². The number of hydrogen-bond acceptors (Lipinski definition) is 4. The summed E-state index contributed by atoms with van der Waals surface area (Å²) in [6.45, 7) is 3.54. The molecule has 0 spiro atoms. The molecule has 6 nitrogen and oxygen atoms in total. The lowest BCUT2D eigenvalue weighted by Crippen LogP contribution is -2.33. The van der Waals surface area contributed by atoms with Crippen LogP contribution in [0.3, 0.4) is 0 Å². The molecule has 3 rings (SSSR count). The van der Waals surface area contributed by atoms with Crippen molar-refractivity contribution in [2.24, 2.45) is 0 Å². The van der Waals surface area contributed by atoms with E-state index in [0.29, 0.717) is 12.1 Å². The zero-order chi connectivity index (χ0) is 20.5. The van der Waals surface area contributed by atoms with Crippen molar-refractivity contribution < 1.29 is 14.3 Å². The number of carbonyl (C=O) groups is 2. The summed E-state index contributed by atoms with van der Waals surface area (Å²) in [5.41, 5.74) is 2.48. The highest BCUT2D eigenvalue weighted by atomic mass is 16.5. The van der Waals surface area contributed by atoms with E-state index in [-0.39, 0.29) is 30.5 Å². The van der Waals surface area contributed by atoms with Crippen LogP contribution in [-0.2, 0) is 9.53 Å². The molecule has 6 heteroatoms. The SMILES string of the molecule is CCC(NC(=O)CNc1ccc(C(=O)NCC2CCCO2)cc1)c1ccccc1. The number of rotatable bonds is 9. The Morgan fingerprint density at radius 1 is 1.10 bits per heavy atom. The molecule has 3 N–H and O–H groups in total. The molecule has 0 aliphatic carbocycles. The fourth-order valence-corrected chi connectivity index (χ4v) is 3.39. The molecular weight excluding hydrogens is 366 g/mol. The Kier molecular flexibility index (Phi) is 7.64. The fraction of sp³-hybridized carbons (Fsp3) is 0.391. The fourth-order valence-electron chi connectivity index (χ4n) is 3.39. The second kappa shape index (κ2) is 10.6. The van der Waals surface area contributed by atoms with Gasteiger partial charge in [-0.05, 0) is 49.1 Å². The van der Waals surface area contributed by atoms with Crippen molar-refractivity contribution in [3.05, 3.63) is 65.7 Å². The normalized spacial score (nSPS) is 16.8. The van der Waals surface area contributed by atoms with Gasteiger partial charge < -0.3 is 20.7 Å². The molecule has 0 saturated carbocycles. The summed E-state index contributed by atoms with van der Waals surface area (Å²) < 4.78 is 5.51. The molecule has 1 saturated heterocycles. The average Bonchev–Trinajstić information content (AvgIpc) is 3.29. The van der Waals surface area contributed by atoms with E-state index < -0.39 is 0 Å². The van der Waals surface area contributed by atoms with Crippen molar-refractivity contribution in [3.8, 4) is 0 Å². The first-order valence-corrected chi connectivity index (χ1v) is 10.2. The number of amides is 2. The van der Waals surface area contributed by atoms with Crippen molar-refractivity contribution in [2.45, 2.75) is 38.3 Å². The van der Waals surface area contributed by atoms with Crippen molar-refractivity contribution >= 4 is 17.5 Å². The third-order valence-corrected chi connectivity index (χ3v) is 5.06. The van der Waals surface area contributed by atoms with Crippen LogP contribution in [-0.4, -0.2) is 37.6 Å². The summed E-state index contributed by atoms with van der Waals surface area (Å²) in [5, 5.41) is 9.06. The standard InChI is InChI=1S/C23H29N3O3/c1-2-21(17-7-4-3-5-8-17)26-22(27)16-24-19-12-10-18(11-13-19)23(28)25-15-20-9-6-14-29-20/h3-5,7-8,10-13,20-21,24H,2,6,9,14-16H2,1H3,(H,25,28)(H,26,27). The molecule has 2 amide bonds. The quantitative estimate of drug-likeness (QED) is 0.609. The summed E-state index contributed by atoms with van der Waals surface area (Å²) in [7, 11) is 0. The number of anilines is 1. The lowest BCUT2D eigenvalue weighted by atomic mass is 10.0. The van der Waals surface area contributed by atoms with E-state index in [4.69, 9.17) is 4.74 Å². The lowest BCUT2D eigenvalue weighted by molar-refractivity contribution is -0.120. The van der Waals surface area contributed by atoms with Gasteiger partial charge in [-0.25, -0.2) is 0 Å². The summed E-state index contributed by atoms with van der Waals surface area (Å²) >= 11 is 0. The van der Waals surface area contributed by atoms with E-state index in [0.717, 1.165) is 37.1 Å². The molecule has 0 bridgehead atoms. The number of carbonyl (C=O) groups excluding carboxylic acids is 2. The maximum Gasteiger partial charge on any atom is 0.251 e. The van der Waals surface area contributed by atoms with Gasteiger partial charge in [0.1, 0.15) is 0 Å². The van der Waals surface area contributed by atoms with Crippen LogP contribution in [0.4, 0.5) is 5.69 Å². The molecular formula is C23H29N3O3. The molecule has 154 valence electrons. The van der Waals surface area contributed by atoms with Crippen molar-refractivity contribution in [1.82, 2.24) is 10.6 Å². The van der Waals surface area contributed by atoms with Crippen LogP contribution in [0.1, 0.15) is 48.1 Å². The Bertz CT molecular complexity index is 787. The van der Waals surface area contributed by atoms with Crippen LogP contribution < -0.4 is 16.0 Å². The van der Waals surface area contributed by atoms with Gasteiger partial charge in [0.05, 0.1) is 18.7 Å². The molecule has 0 aromatic heterocycles. The van der Waals surface area contributed by atoms with Crippen LogP contribution >= 0.6 is 0 Å². The second-order valence-electron chi connectivity index (χ2n) is 7.21. The Balaban J connectivity index is 1.44.